The molecule has 0 spiro atoms. The van der Waals surface area contributed by atoms with Crippen molar-refractivity contribution in [1.29, 1.82) is 0 Å². The molecule has 1 aliphatic heterocycles. The van der Waals surface area contributed by atoms with Crippen LogP contribution in [0.15, 0.2) is 0 Å². The highest BCUT2D eigenvalue weighted by Crippen LogP contribution is 2.31. The molecule has 2 heteroatoms. The lowest BCUT2D eigenvalue weighted by Crippen LogP contribution is -2.30. The van der Waals surface area contributed by atoms with Gasteiger partial charge < -0.3 is 4.74 Å². The van der Waals surface area contributed by atoms with E-state index >= 15 is 0 Å². The Morgan fingerprint density at radius 2 is 1.10 bits per heavy atom. The van der Waals surface area contributed by atoms with Crippen molar-refractivity contribution in [2.75, 3.05) is 0 Å². The molecule has 0 aromatic carbocycles. The maximum atomic E-state index is 12.0. The summed E-state index contributed by atoms with van der Waals surface area (Å²) in [5, 5.41) is 0. The first-order valence-corrected chi connectivity index (χ1v) is 9.56. The molecule has 0 aromatic rings. The van der Waals surface area contributed by atoms with E-state index in [1.54, 1.807) is 0 Å². The summed E-state index contributed by atoms with van der Waals surface area (Å²) >= 11 is 0. The summed E-state index contributed by atoms with van der Waals surface area (Å²) in [4.78, 5) is 12.0. The number of carbonyl (C=O) groups is 1. The van der Waals surface area contributed by atoms with Crippen molar-refractivity contribution in [3.63, 3.8) is 0 Å². The number of hydrogen-bond acceptors (Lipinski definition) is 2. The Hall–Kier alpha value is -0.530. The van der Waals surface area contributed by atoms with Gasteiger partial charge in [-0.3, -0.25) is 4.79 Å². The van der Waals surface area contributed by atoms with Gasteiger partial charge in [0.05, 0.1) is 0 Å². The van der Waals surface area contributed by atoms with Gasteiger partial charge in [0.25, 0.3) is 0 Å². The van der Waals surface area contributed by atoms with Crippen molar-refractivity contribution in [2.45, 2.75) is 109 Å². The topological polar surface area (TPSA) is 26.3 Å². The average molecular weight is 294 g/mol. The van der Waals surface area contributed by atoms with Crippen molar-refractivity contribution in [2.24, 2.45) is 5.92 Å². The van der Waals surface area contributed by atoms with E-state index in [0.717, 1.165) is 12.8 Å². The van der Waals surface area contributed by atoms with Gasteiger partial charge in [-0.1, -0.05) is 64.2 Å². The molecule has 2 nitrogen and oxygen atoms in total. The molecule has 1 aliphatic carbocycles. The van der Waals surface area contributed by atoms with Gasteiger partial charge in [-0.2, -0.15) is 0 Å². The third-order valence-corrected chi connectivity index (χ3v) is 5.33. The van der Waals surface area contributed by atoms with Crippen molar-refractivity contribution >= 4 is 5.97 Å². The molecule has 2 atom stereocenters. The molecule has 0 amide bonds. The summed E-state index contributed by atoms with van der Waals surface area (Å²) in [6, 6.07) is 0. The molecule has 0 bridgehead atoms. The van der Waals surface area contributed by atoms with Gasteiger partial charge in [0.2, 0.25) is 0 Å². The van der Waals surface area contributed by atoms with Crippen molar-refractivity contribution in [3.05, 3.63) is 0 Å². The molecule has 0 unspecified atom stereocenters. The Morgan fingerprint density at radius 3 is 1.76 bits per heavy atom. The lowest BCUT2D eigenvalue weighted by atomic mass is 9.83. The minimum absolute atomic E-state index is 0.0685. The first kappa shape index (κ1) is 16.8. The number of carbonyl (C=O) groups excluding carboxylic acids is 1. The van der Waals surface area contributed by atoms with Crippen LogP contribution in [-0.2, 0) is 9.53 Å². The maximum absolute atomic E-state index is 12.0. The molecule has 2 rings (SSSR count). The molecule has 21 heavy (non-hydrogen) atoms. The van der Waals surface area contributed by atoms with Crippen LogP contribution >= 0.6 is 0 Å². The molecule has 0 aromatic heterocycles. The third kappa shape index (κ3) is 6.84. The van der Waals surface area contributed by atoms with Crippen LogP contribution in [-0.4, -0.2) is 12.1 Å². The highest BCUT2D eigenvalue weighted by atomic mass is 16.5. The van der Waals surface area contributed by atoms with Gasteiger partial charge in [-0.25, -0.2) is 0 Å². The second-order valence-corrected chi connectivity index (χ2v) is 7.15. The van der Waals surface area contributed by atoms with E-state index < -0.39 is 0 Å². The smallest absolute Gasteiger partial charge is 0.306 e. The predicted octanol–water partition coefficient (Wildman–Crippen LogP) is 5.78. The van der Waals surface area contributed by atoms with Gasteiger partial charge in [-0.05, 0) is 38.0 Å². The van der Waals surface area contributed by atoms with E-state index in [9.17, 15) is 4.79 Å². The standard InChI is InChI=1S/C19H34O2/c20-19-16-10-8-6-4-2-1-3-5-7-9-13-17-14-11-12-15-18(17)21-19/h17-18H,1-16H2/t17-,18+/m1/s1. The number of hydrogen-bond donors (Lipinski definition) is 0. The van der Waals surface area contributed by atoms with E-state index in [1.807, 2.05) is 0 Å². The normalized spacial score (nSPS) is 31.1. The van der Waals surface area contributed by atoms with Crippen LogP contribution in [0.2, 0.25) is 0 Å². The van der Waals surface area contributed by atoms with Crippen LogP contribution in [0.5, 0.6) is 0 Å². The summed E-state index contributed by atoms with van der Waals surface area (Å²) in [5.74, 6) is 0.717. The van der Waals surface area contributed by atoms with E-state index in [1.165, 1.54) is 83.5 Å². The monoisotopic (exact) mass is 294 g/mol. The minimum Gasteiger partial charge on any atom is -0.462 e. The summed E-state index contributed by atoms with van der Waals surface area (Å²) in [5.41, 5.74) is 0. The highest BCUT2D eigenvalue weighted by molar-refractivity contribution is 5.69. The Kier molecular flexibility index (Phi) is 8.21. The fourth-order valence-electron chi connectivity index (χ4n) is 3.98. The molecule has 1 saturated carbocycles. The zero-order valence-electron chi connectivity index (χ0n) is 13.8. The Morgan fingerprint density at radius 1 is 0.619 bits per heavy atom. The van der Waals surface area contributed by atoms with Gasteiger partial charge in [0, 0.05) is 6.42 Å². The van der Waals surface area contributed by atoms with Crippen molar-refractivity contribution in [1.82, 2.24) is 0 Å². The number of fused-ring (bicyclic) bond motifs is 1. The molecule has 2 fully saturated rings. The second kappa shape index (κ2) is 10.2. The van der Waals surface area contributed by atoms with Crippen LogP contribution in [0.25, 0.3) is 0 Å². The van der Waals surface area contributed by atoms with Crippen molar-refractivity contribution in [3.8, 4) is 0 Å². The van der Waals surface area contributed by atoms with Crippen molar-refractivity contribution < 1.29 is 9.53 Å². The number of rotatable bonds is 0. The molecule has 0 N–H and O–H groups in total. The average Bonchev–Trinajstić information content (AvgIpc) is 2.49. The van der Waals surface area contributed by atoms with Gasteiger partial charge >= 0.3 is 5.97 Å². The van der Waals surface area contributed by atoms with Crippen LogP contribution in [0.1, 0.15) is 103 Å². The second-order valence-electron chi connectivity index (χ2n) is 7.15. The molecule has 1 heterocycles. The van der Waals surface area contributed by atoms with Gasteiger partial charge in [0.15, 0.2) is 0 Å². The van der Waals surface area contributed by atoms with Crippen LogP contribution in [0.3, 0.4) is 0 Å². The van der Waals surface area contributed by atoms with Gasteiger partial charge in [-0.15, -0.1) is 0 Å². The zero-order valence-corrected chi connectivity index (χ0v) is 13.8. The lowest BCUT2D eigenvalue weighted by molar-refractivity contribution is -0.154. The van der Waals surface area contributed by atoms with Crippen LogP contribution in [0.4, 0.5) is 0 Å². The Labute approximate surface area is 131 Å². The van der Waals surface area contributed by atoms with Crippen LogP contribution < -0.4 is 0 Å². The summed E-state index contributed by atoms with van der Waals surface area (Å²) in [6.07, 6.45) is 20.3. The molecule has 1 saturated heterocycles. The summed E-state index contributed by atoms with van der Waals surface area (Å²) in [7, 11) is 0. The first-order chi connectivity index (χ1) is 10.4. The van der Waals surface area contributed by atoms with E-state index in [2.05, 4.69) is 0 Å². The Balaban J connectivity index is 1.80. The quantitative estimate of drug-likeness (QED) is 0.529. The van der Waals surface area contributed by atoms with E-state index in [4.69, 9.17) is 4.74 Å². The molecular formula is C19H34O2. The molecule has 0 radical (unpaired) electrons. The lowest BCUT2D eigenvalue weighted by Gasteiger charge is -2.31. The highest BCUT2D eigenvalue weighted by Gasteiger charge is 2.27. The summed E-state index contributed by atoms with van der Waals surface area (Å²) in [6.45, 7) is 0. The summed E-state index contributed by atoms with van der Waals surface area (Å²) < 4.78 is 5.82. The largest absolute Gasteiger partial charge is 0.462 e. The van der Waals surface area contributed by atoms with Crippen LogP contribution in [0, 0.1) is 5.92 Å². The van der Waals surface area contributed by atoms with E-state index in [0.29, 0.717) is 12.3 Å². The SMILES string of the molecule is O=C1CCCCCCCCCCCC[C@@H]2CCCC[C@@H]2O1. The molecule has 122 valence electrons. The number of esters is 1. The predicted molar refractivity (Wildman–Crippen MR) is 87.2 cm³/mol. The van der Waals surface area contributed by atoms with Gasteiger partial charge in [0.1, 0.15) is 6.10 Å². The fourth-order valence-corrected chi connectivity index (χ4v) is 3.98. The van der Waals surface area contributed by atoms with E-state index in [-0.39, 0.29) is 12.1 Å². The first-order valence-electron chi connectivity index (χ1n) is 9.56. The number of ether oxygens (including phenoxy) is 1. The molecular weight excluding hydrogens is 260 g/mol. The minimum atomic E-state index is 0.0685. The zero-order chi connectivity index (χ0) is 14.8. The Bertz CT molecular complexity index is 287. The fraction of sp³-hybridized carbons (Fsp3) is 0.947. The maximum Gasteiger partial charge on any atom is 0.306 e. The molecule has 2 aliphatic rings. The third-order valence-electron chi connectivity index (χ3n) is 5.33.